The van der Waals surface area contributed by atoms with Crippen LogP contribution in [0.15, 0.2) is 22.8 Å². The third-order valence-corrected chi connectivity index (χ3v) is 2.16. The Morgan fingerprint density at radius 2 is 1.38 bits per heavy atom. The van der Waals surface area contributed by atoms with E-state index in [9.17, 15) is 18.0 Å². The van der Waals surface area contributed by atoms with Gasteiger partial charge in [-0.1, -0.05) is 0 Å². The molecule has 0 spiro atoms. The molecule has 0 radical (unpaired) electrons. The lowest BCUT2D eigenvalue weighted by Crippen LogP contribution is -2.29. The molecule has 0 aromatic rings. The first-order chi connectivity index (χ1) is 5.80. The molecule has 0 aromatic carbocycles. The fourth-order valence-corrected chi connectivity index (χ4v) is 1.28. The van der Waals surface area contributed by atoms with Gasteiger partial charge in [0.25, 0.3) is 0 Å². The molecule has 1 rings (SSSR count). The van der Waals surface area contributed by atoms with Gasteiger partial charge in [-0.15, -0.1) is 0 Å². The molecule has 0 aromatic heterocycles. The number of hydrogen-bond acceptors (Lipinski definition) is 1. The minimum atomic E-state index is -2.78. The van der Waals surface area contributed by atoms with Crippen LogP contribution in [-0.2, 0) is 4.79 Å². The maximum atomic E-state index is 13.3. The lowest BCUT2D eigenvalue weighted by atomic mass is 9.88. The van der Waals surface area contributed by atoms with E-state index >= 15 is 0 Å². The molecule has 13 heavy (non-hydrogen) atoms. The average molecular weight is 190 g/mol. The predicted molar refractivity (Wildman–Crippen MR) is 42.1 cm³/mol. The second-order valence-electron chi connectivity index (χ2n) is 3.21. The lowest BCUT2D eigenvalue weighted by molar-refractivity contribution is -0.113. The first-order valence-electron chi connectivity index (χ1n) is 3.77. The molecule has 0 fully saturated rings. The number of carbonyl (C=O) groups is 1. The van der Waals surface area contributed by atoms with Crippen molar-refractivity contribution in [2.24, 2.45) is 0 Å². The normalized spacial score (nSPS) is 22.8. The summed E-state index contributed by atoms with van der Waals surface area (Å²) in [5, 5.41) is 0. The Kier molecular flexibility index (Phi) is 2.10. The van der Waals surface area contributed by atoms with Crippen LogP contribution in [0, 0.1) is 0 Å². The van der Waals surface area contributed by atoms with E-state index in [1.807, 2.05) is 0 Å². The van der Waals surface area contributed by atoms with Gasteiger partial charge in [0.05, 0.1) is 0 Å². The number of carbonyl (C=O) groups excluding carboxylic acids is 1. The Hall–Kier alpha value is -1.06. The fourth-order valence-electron chi connectivity index (χ4n) is 1.28. The Balaban J connectivity index is 3.39. The molecule has 1 nitrogen and oxygen atoms in total. The Bertz CT molecular complexity index is 307. The second-order valence-corrected chi connectivity index (χ2v) is 3.21. The van der Waals surface area contributed by atoms with Gasteiger partial charge in [0.2, 0.25) is 5.67 Å². The van der Waals surface area contributed by atoms with Crippen LogP contribution in [0.4, 0.5) is 13.2 Å². The highest BCUT2D eigenvalue weighted by molar-refractivity contribution is 6.09. The number of rotatable bonds is 0. The summed E-state index contributed by atoms with van der Waals surface area (Å²) in [6, 6.07) is 0. The quantitative estimate of drug-likeness (QED) is 0.574. The maximum absolute atomic E-state index is 13.3. The van der Waals surface area contributed by atoms with E-state index in [0.717, 1.165) is 20.8 Å². The predicted octanol–water partition coefficient (Wildman–Crippen LogP) is 2.78. The van der Waals surface area contributed by atoms with E-state index in [1.165, 1.54) is 0 Å². The highest BCUT2D eigenvalue weighted by Gasteiger charge is 2.43. The van der Waals surface area contributed by atoms with Crippen LogP contribution >= 0.6 is 0 Å². The number of ketones is 1. The molecule has 1 aliphatic carbocycles. The summed E-state index contributed by atoms with van der Waals surface area (Å²) in [6.07, 6.45) is 0. The smallest absolute Gasteiger partial charge is 0.210 e. The first kappa shape index (κ1) is 10.0. The minimum Gasteiger partial charge on any atom is -0.289 e. The molecule has 0 amide bonds. The van der Waals surface area contributed by atoms with Gasteiger partial charge in [-0.2, -0.15) is 0 Å². The van der Waals surface area contributed by atoms with E-state index in [-0.39, 0.29) is 11.1 Å². The van der Waals surface area contributed by atoms with Crippen molar-refractivity contribution in [3.05, 3.63) is 22.8 Å². The molecule has 72 valence electrons. The first-order valence-corrected chi connectivity index (χ1v) is 3.77. The van der Waals surface area contributed by atoms with E-state index in [4.69, 9.17) is 0 Å². The largest absolute Gasteiger partial charge is 0.289 e. The number of allylic oxidation sites excluding steroid dienone is 4. The molecular formula is C9H9F3O. The van der Waals surface area contributed by atoms with Gasteiger partial charge >= 0.3 is 0 Å². The van der Waals surface area contributed by atoms with Crippen LogP contribution < -0.4 is 0 Å². The third-order valence-electron chi connectivity index (χ3n) is 2.16. The van der Waals surface area contributed by atoms with Gasteiger partial charge in [0.15, 0.2) is 17.4 Å². The molecule has 4 heteroatoms. The maximum Gasteiger partial charge on any atom is 0.210 e. The fraction of sp³-hybridized carbons (Fsp3) is 0.444. The number of alkyl halides is 1. The van der Waals surface area contributed by atoms with Crippen molar-refractivity contribution in [2.75, 3.05) is 0 Å². The van der Waals surface area contributed by atoms with Crippen LogP contribution in [-0.4, -0.2) is 11.5 Å². The van der Waals surface area contributed by atoms with Crippen molar-refractivity contribution in [3.63, 3.8) is 0 Å². The van der Waals surface area contributed by atoms with Crippen LogP contribution in [0.2, 0.25) is 0 Å². The summed E-state index contributed by atoms with van der Waals surface area (Å²) in [5.74, 6) is -3.44. The number of hydrogen-bond donors (Lipinski definition) is 0. The minimum absolute atomic E-state index is 0.357. The topological polar surface area (TPSA) is 17.1 Å². The van der Waals surface area contributed by atoms with E-state index in [0.29, 0.717) is 0 Å². The molecule has 0 unspecified atom stereocenters. The molecule has 0 atom stereocenters. The Morgan fingerprint density at radius 3 is 1.69 bits per heavy atom. The van der Waals surface area contributed by atoms with Gasteiger partial charge < -0.3 is 0 Å². The summed E-state index contributed by atoms with van der Waals surface area (Å²) >= 11 is 0. The molecule has 0 aliphatic heterocycles. The molecular weight excluding hydrogens is 181 g/mol. The van der Waals surface area contributed by atoms with Crippen molar-refractivity contribution >= 4 is 5.78 Å². The van der Waals surface area contributed by atoms with Crippen LogP contribution in [0.5, 0.6) is 0 Å². The monoisotopic (exact) mass is 190 g/mol. The Morgan fingerprint density at radius 1 is 1.08 bits per heavy atom. The molecule has 0 N–H and O–H groups in total. The van der Waals surface area contributed by atoms with Crippen molar-refractivity contribution in [2.45, 2.75) is 26.4 Å². The van der Waals surface area contributed by atoms with E-state index < -0.39 is 23.1 Å². The van der Waals surface area contributed by atoms with Gasteiger partial charge in [-0.3, -0.25) is 4.79 Å². The zero-order chi connectivity index (χ0) is 10.4. The molecule has 1 aliphatic rings. The summed E-state index contributed by atoms with van der Waals surface area (Å²) in [6.45, 7) is 3.05. The summed E-state index contributed by atoms with van der Waals surface area (Å²) in [7, 11) is 0. The number of halogens is 3. The SMILES string of the molecule is CC1=C(F)C(C)(F)C(F)=C(C)C1=O. The third kappa shape index (κ3) is 1.20. The molecule has 0 bridgehead atoms. The molecule has 0 saturated heterocycles. The molecule has 0 heterocycles. The average Bonchev–Trinajstić information content (AvgIpc) is 2.09. The summed E-state index contributed by atoms with van der Waals surface area (Å²) in [4.78, 5) is 11.1. The van der Waals surface area contributed by atoms with Crippen molar-refractivity contribution in [3.8, 4) is 0 Å². The van der Waals surface area contributed by atoms with Crippen molar-refractivity contribution in [1.82, 2.24) is 0 Å². The van der Waals surface area contributed by atoms with Gasteiger partial charge in [0.1, 0.15) is 0 Å². The number of Topliss-reactive ketones (excluding diaryl/α,β-unsaturated/α-hetero) is 1. The highest BCUT2D eigenvalue weighted by atomic mass is 19.2. The van der Waals surface area contributed by atoms with Crippen molar-refractivity contribution in [1.29, 1.82) is 0 Å². The zero-order valence-electron chi connectivity index (χ0n) is 7.54. The second kappa shape index (κ2) is 2.72. The van der Waals surface area contributed by atoms with Gasteiger partial charge in [0, 0.05) is 11.1 Å². The zero-order valence-corrected chi connectivity index (χ0v) is 7.54. The van der Waals surface area contributed by atoms with Crippen LogP contribution in [0.1, 0.15) is 20.8 Å². The lowest BCUT2D eigenvalue weighted by Gasteiger charge is -2.24. The summed E-state index contributed by atoms with van der Waals surface area (Å²) in [5.41, 5.74) is -3.49. The Labute approximate surface area is 73.9 Å². The highest BCUT2D eigenvalue weighted by Crippen LogP contribution is 2.40. The van der Waals surface area contributed by atoms with Crippen LogP contribution in [0.25, 0.3) is 0 Å². The van der Waals surface area contributed by atoms with E-state index in [1.54, 1.807) is 0 Å². The van der Waals surface area contributed by atoms with Gasteiger partial charge in [-0.25, -0.2) is 13.2 Å². The molecule has 0 saturated carbocycles. The van der Waals surface area contributed by atoms with Crippen molar-refractivity contribution < 1.29 is 18.0 Å². The van der Waals surface area contributed by atoms with Gasteiger partial charge in [-0.05, 0) is 20.8 Å². The standard InChI is InChI=1S/C9H9F3O/c1-4-6(13)5(2)8(11)9(3,12)7(4)10/h1-3H3. The summed E-state index contributed by atoms with van der Waals surface area (Å²) < 4.78 is 39.4. The van der Waals surface area contributed by atoms with Crippen LogP contribution in [0.3, 0.4) is 0 Å². The van der Waals surface area contributed by atoms with E-state index in [2.05, 4.69) is 0 Å².